The Balaban J connectivity index is 3.99. The zero-order valence-electron chi connectivity index (χ0n) is 9.22. The van der Waals surface area contributed by atoms with Gasteiger partial charge in [0.15, 0.2) is 0 Å². The van der Waals surface area contributed by atoms with Crippen LogP contribution in [0.3, 0.4) is 0 Å². The van der Waals surface area contributed by atoms with Crippen LogP contribution in [0.5, 0.6) is 0 Å². The minimum Gasteiger partial charge on any atom is -0.455 e. The average molecular weight is 197 g/mol. The number of nitrogens with one attached hydrogen (secondary N) is 1. The van der Waals surface area contributed by atoms with Gasteiger partial charge >= 0.3 is 5.97 Å². The third kappa shape index (κ3) is 5.54. The van der Waals surface area contributed by atoms with Crippen LogP contribution in [0.25, 0.3) is 0 Å². The first-order valence-corrected chi connectivity index (χ1v) is 4.59. The van der Waals surface area contributed by atoms with E-state index in [2.05, 4.69) is 18.5 Å². The second-order valence-electron chi connectivity index (χ2n) is 3.85. The van der Waals surface area contributed by atoms with E-state index in [1.807, 2.05) is 13.8 Å². The SMILES string of the molecule is C=CCNCC(C)(C)OC(=O)C(=C)C. The monoisotopic (exact) mass is 197 g/mol. The van der Waals surface area contributed by atoms with Crippen molar-refractivity contribution in [3.63, 3.8) is 0 Å². The Morgan fingerprint density at radius 2 is 2.14 bits per heavy atom. The molecule has 0 fully saturated rings. The largest absolute Gasteiger partial charge is 0.455 e. The predicted octanol–water partition coefficient (Wildman–Crippen LogP) is 1.66. The summed E-state index contributed by atoms with van der Waals surface area (Å²) < 4.78 is 5.21. The molecule has 0 atom stereocenters. The molecule has 0 rings (SSSR count). The van der Waals surface area contributed by atoms with E-state index in [0.717, 1.165) is 0 Å². The summed E-state index contributed by atoms with van der Waals surface area (Å²) in [6.45, 7) is 13.7. The number of hydrogen-bond donors (Lipinski definition) is 1. The van der Waals surface area contributed by atoms with Crippen molar-refractivity contribution < 1.29 is 9.53 Å². The summed E-state index contributed by atoms with van der Waals surface area (Å²) in [5, 5.41) is 3.09. The van der Waals surface area contributed by atoms with Crippen molar-refractivity contribution in [2.45, 2.75) is 26.4 Å². The number of hydrogen-bond acceptors (Lipinski definition) is 3. The molecule has 0 unspecified atom stereocenters. The first kappa shape index (κ1) is 12.9. The molecule has 0 bridgehead atoms. The fourth-order valence-electron chi connectivity index (χ4n) is 0.849. The second kappa shape index (κ2) is 5.60. The molecular weight excluding hydrogens is 178 g/mol. The molecule has 0 saturated heterocycles. The minimum absolute atomic E-state index is 0.351. The maximum absolute atomic E-state index is 11.2. The number of carbonyl (C=O) groups is 1. The molecule has 3 heteroatoms. The van der Waals surface area contributed by atoms with Crippen molar-refractivity contribution in [3.05, 3.63) is 24.8 Å². The molecule has 0 spiro atoms. The van der Waals surface area contributed by atoms with Gasteiger partial charge in [0.2, 0.25) is 0 Å². The predicted molar refractivity (Wildman–Crippen MR) is 58.1 cm³/mol. The number of carbonyl (C=O) groups excluding carboxylic acids is 1. The van der Waals surface area contributed by atoms with E-state index >= 15 is 0 Å². The Morgan fingerprint density at radius 3 is 2.57 bits per heavy atom. The number of esters is 1. The molecule has 0 aliphatic rings. The van der Waals surface area contributed by atoms with Crippen LogP contribution < -0.4 is 5.32 Å². The molecule has 0 saturated carbocycles. The first-order valence-electron chi connectivity index (χ1n) is 4.59. The van der Waals surface area contributed by atoms with Crippen molar-refractivity contribution in [2.75, 3.05) is 13.1 Å². The molecular formula is C11H19NO2. The normalized spacial score (nSPS) is 10.8. The van der Waals surface area contributed by atoms with Gasteiger partial charge in [-0.15, -0.1) is 6.58 Å². The van der Waals surface area contributed by atoms with Gasteiger partial charge in [-0.1, -0.05) is 12.7 Å². The third-order valence-electron chi connectivity index (χ3n) is 1.56. The highest BCUT2D eigenvalue weighted by Crippen LogP contribution is 2.10. The first-order chi connectivity index (χ1) is 6.39. The lowest BCUT2D eigenvalue weighted by molar-refractivity contribution is -0.150. The molecule has 0 aromatic heterocycles. The van der Waals surface area contributed by atoms with Crippen LogP contribution >= 0.6 is 0 Å². The number of rotatable bonds is 6. The molecule has 14 heavy (non-hydrogen) atoms. The fourth-order valence-corrected chi connectivity index (χ4v) is 0.849. The molecule has 0 aliphatic heterocycles. The van der Waals surface area contributed by atoms with Crippen molar-refractivity contribution in [3.8, 4) is 0 Å². The molecule has 1 N–H and O–H groups in total. The van der Waals surface area contributed by atoms with Gasteiger partial charge in [0.25, 0.3) is 0 Å². The average Bonchev–Trinajstić information content (AvgIpc) is 2.03. The molecule has 0 aliphatic carbocycles. The summed E-state index contributed by atoms with van der Waals surface area (Å²) in [7, 11) is 0. The van der Waals surface area contributed by atoms with Gasteiger partial charge < -0.3 is 10.1 Å². The van der Waals surface area contributed by atoms with Crippen molar-refractivity contribution in [2.24, 2.45) is 0 Å². The van der Waals surface area contributed by atoms with E-state index in [0.29, 0.717) is 18.7 Å². The zero-order chi connectivity index (χ0) is 11.2. The molecule has 0 radical (unpaired) electrons. The second-order valence-corrected chi connectivity index (χ2v) is 3.85. The van der Waals surface area contributed by atoms with Gasteiger partial charge in [0.05, 0.1) is 0 Å². The minimum atomic E-state index is -0.515. The van der Waals surface area contributed by atoms with Crippen molar-refractivity contribution >= 4 is 5.97 Å². The van der Waals surface area contributed by atoms with Gasteiger partial charge in [0, 0.05) is 18.7 Å². The van der Waals surface area contributed by atoms with Crippen molar-refractivity contribution in [1.82, 2.24) is 5.32 Å². The Kier molecular flexibility index (Phi) is 5.16. The Labute approximate surface area is 85.8 Å². The van der Waals surface area contributed by atoms with Gasteiger partial charge in [-0.25, -0.2) is 4.79 Å². The molecule has 0 heterocycles. The van der Waals surface area contributed by atoms with Crippen LogP contribution in [0, 0.1) is 0 Å². The van der Waals surface area contributed by atoms with Crippen LogP contribution in [-0.4, -0.2) is 24.7 Å². The lowest BCUT2D eigenvalue weighted by Gasteiger charge is -2.25. The van der Waals surface area contributed by atoms with Crippen LogP contribution in [0.2, 0.25) is 0 Å². The number of ether oxygens (including phenoxy) is 1. The quantitative estimate of drug-likeness (QED) is 0.304. The molecule has 80 valence electrons. The standard InChI is InChI=1S/C11H19NO2/c1-6-7-12-8-11(4,5)14-10(13)9(2)3/h6,12H,1-2,7-8H2,3-5H3. The lowest BCUT2D eigenvalue weighted by Crippen LogP contribution is -2.39. The molecule has 0 amide bonds. The molecule has 3 nitrogen and oxygen atoms in total. The molecule has 0 aromatic carbocycles. The van der Waals surface area contributed by atoms with Crippen LogP contribution in [0.1, 0.15) is 20.8 Å². The van der Waals surface area contributed by atoms with Crippen LogP contribution in [0.15, 0.2) is 24.8 Å². The van der Waals surface area contributed by atoms with E-state index in [4.69, 9.17) is 4.74 Å². The Morgan fingerprint density at radius 1 is 1.57 bits per heavy atom. The summed E-state index contributed by atoms with van der Waals surface area (Å²) in [5.74, 6) is -0.351. The van der Waals surface area contributed by atoms with E-state index in [1.165, 1.54) is 0 Å². The maximum atomic E-state index is 11.2. The highest BCUT2D eigenvalue weighted by molar-refractivity contribution is 5.87. The van der Waals surface area contributed by atoms with E-state index in [-0.39, 0.29) is 5.97 Å². The van der Waals surface area contributed by atoms with Gasteiger partial charge in [-0.3, -0.25) is 0 Å². The van der Waals surface area contributed by atoms with Gasteiger partial charge in [0.1, 0.15) is 5.60 Å². The summed E-state index contributed by atoms with van der Waals surface area (Å²) in [6.07, 6.45) is 1.76. The lowest BCUT2D eigenvalue weighted by atomic mass is 10.1. The van der Waals surface area contributed by atoms with Gasteiger partial charge in [-0.2, -0.15) is 0 Å². The summed E-state index contributed by atoms with van der Waals surface area (Å²) in [6, 6.07) is 0. The highest BCUT2D eigenvalue weighted by atomic mass is 16.6. The summed E-state index contributed by atoms with van der Waals surface area (Å²) >= 11 is 0. The van der Waals surface area contributed by atoms with Gasteiger partial charge in [-0.05, 0) is 20.8 Å². The summed E-state index contributed by atoms with van der Waals surface area (Å²) in [4.78, 5) is 11.2. The molecule has 0 aromatic rings. The van der Waals surface area contributed by atoms with Crippen molar-refractivity contribution in [1.29, 1.82) is 0 Å². The van der Waals surface area contributed by atoms with E-state index in [1.54, 1.807) is 13.0 Å². The van der Waals surface area contributed by atoms with E-state index < -0.39 is 5.60 Å². The maximum Gasteiger partial charge on any atom is 0.333 e. The Bertz CT molecular complexity index is 231. The topological polar surface area (TPSA) is 38.3 Å². The van der Waals surface area contributed by atoms with E-state index in [9.17, 15) is 4.79 Å². The summed E-state index contributed by atoms with van der Waals surface area (Å²) in [5.41, 5.74) is -0.0965. The zero-order valence-corrected chi connectivity index (χ0v) is 9.22. The third-order valence-corrected chi connectivity index (χ3v) is 1.56. The van der Waals surface area contributed by atoms with Crippen LogP contribution in [-0.2, 0) is 9.53 Å². The fraction of sp³-hybridized carbons (Fsp3) is 0.545. The highest BCUT2D eigenvalue weighted by Gasteiger charge is 2.22. The van der Waals surface area contributed by atoms with Crippen LogP contribution in [0.4, 0.5) is 0 Å². The Hall–Kier alpha value is -1.09. The smallest absolute Gasteiger partial charge is 0.333 e.